The molecule has 0 radical (unpaired) electrons. The van der Waals surface area contributed by atoms with E-state index in [4.69, 9.17) is 5.73 Å². The van der Waals surface area contributed by atoms with Gasteiger partial charge < -0.3 is 5.73 Å². The smallest absolute Gasteiger partial charge is 0.169 e. The minimum absolute atomic E-state index is 0.0711. The molecule has 3 heteroatoms. The highest BCUT2D eigenvalue weighted by molar-refractivity contribution is 9.10. The van der Waals surface area contributed by atoms with Gasteiger partial charge in [0.15, 0.2) is 5.78 Å². The number of hydrogen-bond acceptors (Lipinski definition) is 2. The van der Waals surface area contributed by atoms with Crippen LogP contribution >= 0.6 is 15.9 Å². The van der Waals surface area contributed by atoms with Gasteiger partial charge in [-0.05, 0) is 54.2 Å². The van der Waals surface area contributed by atoms with E-state index in [-0.39, 0.29) is 5.78 Å². The Morgan fingerprint density at radius 2 is 1.90 bits per heavy atom. The molecule has 0 saturated heterocycles. The highest BCUT2D eigenvalue weighted by Crippen LogP contribution is 2.24. The van der Waals surface area contributed by atoms with Crippen LogP contribution < -0.4 is 5.73 Å². The lowest BCUT2D eigenvalue weighted by Gasteiger charge is -2.07. The molecular formula is C17H16BrNO. The molecule has 102 valence electrons. The van der Waals surface area contributed by atoms with E-state index in [0.717, 1.165) is 16.5 Å². The van der Waals surface area contributed by atoms with Crippen LogP contribution in [-0.2, 0) is 19.3 Å². The van der Waals surface area contributed by atoms with Gasteiger partial charge in [0, 0.05) is 22.1 Å². The summed E-state index contributed by atoms with van der Waals surface area (Å²) in [5, 5.41) is 0. The van der Waals surface area contributed by atoms with Crippen molar-refractivity contribution in [3.63, 3.8) is 0 Å². The van der Waals surface area contributed by atoms with Crippen molar-refractivity contribution in [2.75, 3.05) is 5.73 Å². The average Bonchev–Trinajstić information content (AvgIpc) is 2.89. The Balaban J connectivity index is 1.84. The molecule has 2 aromatic carbocycles. The number of carbonyl (C=O) groups excluding carboxylic acids is 1. The van der Waals surface area contributed by atoms with Gasteiger partial charge in [-0.15, -0.1) is 0 Å². The topological polar surface area (TPSA) is 43.1 Å². The SMILES string of the molecule is Nc1ccc(Br)cc1C(=O)Cc1ccc2c(c1)CCC2. The molecule has 0 atom stereocenters. The van der Waals surface area contributed by atoms with E-state index in [1.165, 1.54) is 24.0 Å². The standard InChI is InChI=1S/C17H16BrNO/c18-14-6-7-16(19)15(10-14)17(20)9-11-4-5-12-2-1-3-13(12)8-11/h4-8,10H,1-3,9,19H2. The number of aryl methyl sites for hydroxylation is 2. The Morgan fingerprint density at radius 1 is 1.10 bits per heavy atom. The van der Waals surface area contributed by atoms with Crippen LogP contribution in [-0.4, -0.2) is 5.78 Å². The van der Waals surface area contributed by atoms with Crippen molar-refractivity contribution in [2.24, 2.45) is 0 Å². The Kier molecular flexibility index (Phi) is 3.62. The number of ketones is 1. The summed E-state index contributed by atoms with van der Waals surface area (Å²) in [6.07, 6.45) is 3.94. The van der Waals surface area contributed by atoms with Gasteiger partial charge >= 0.3 is 0 Å². The Hall–Kier alpha value is -1.61. The van der Waals surface area contributed by atoms with Crippen LogP contribution in [0, 0.1) is 0 Å². The van der Waals surface area contributed by atoms with E-state index in [1.807, 2.05) is 6.07 Å². The first-order chi connectivity index (χ1) is 9.63. The first-order valence-corrected chi connectivity index (χ1v) is 7.62. The molecule has 0 amide bonds. The zero-order valence-electron chi connectivity index (χ0n) is 11.2. The second kappa shape index (κ2) is 5.41. The second-order valence-corrected chi connectivity index (χ2v) is 6.20. The quantitative estimate of drug-likeness (QED) is 0.684. The third-order valence-corrected chi connectivity index (χ3v) is 4.34. The van der Waals surface area contributed by atoms with Crippen molar-refractivity contribution in [1.29, 1.82) is 0 Å². The van der Waals surface area contributed by atoms with Crippen molar-refractivity contribution in [1.82, 2.24) is 0 Å². The highest BCUT2D eigenvalue weighted by atomic mass is 79.9. The number of halogens is 1. The van der Waals surface area contributed by atoms with Crippen LogP contribution in [0.1, 0.15) is 33.5 Å². The average molecular weight is 330 g/mol. The molecule has 0 saturated carbocycles. The number of nitrogens with two attached hydrogens (primary N) is 1. The number of hydrogen-bond donors (Lipinski definition) is 1. The fourth-order valence-electron chi connectivity index (χ4n) is 2.79. The van der Waals surface area contributed by atoms with Gasteiger partial charge in [0.05, 0.1) is 0 Å². The van der Waals surface area contributed by atoms with E-state index < -0.39 is 0 Å². The number of fused-ring (bicyclic) bond motifs is 1. The summed E-state index contributed by atoms with van der Waals surface area (Å²) in [7, 11) is 0. The summed E-state index contributed by atoms with van der Waals surface area (Å²) in [6.45, 7) is 0. The van der Waals surface area contributed by atoms with Crippen LogP contribution in [0.4, 0.5) is 5.69 Å². The second-order valence-electron chi connectivity index (χ2n) is 5.29. The van der Waals surface area contributed by atoms with E-state index >= 15 is 0 Å². The van der Waals surface area contributed by atoms with Crippen molar-refractivity contribution in [3.05, 3.63) is 63.1 Å². The predicted octanol–water partition coefficient (Wildman–Crippen LogP) is 3.95. The lowest BCUT2D eigenvalue weighted by molar-refractivity contribution is 0.0994. The van der Waals surface area contributed by atoms with Gasteiger partial charge in [-0.3, -0.25) is 4.79 Å². The Morgan fingerprint density at radius 3 is 2.75 bits per heavy atom. The van der Waals surface area contributed by atoms with Crippen molar-refractivity contribution in [2.45, 2.75) is 25.7 Å². The third kappa shape index (κ3) is 2.63. The van der Waals surface area contributed by atoms with Gasteiger partial charge in [0.2, 0.25) is 0 Å². The zero-order chi connectivity index (χ0) is 14.1. The molecule has 2 N–H and O–H groups in total. The summed E-state index contributed by atoms with van der Waals surface area (Å²) < 4.78 is 0.879. The molecule has 3 rings (SSSR count). The maximum atomic E-state index is 12.4. The predicted molar refractivity (Wildman–Crippen MR) is 85.1 cm³/mol. The molecule has 0 fully saturated rings. The molecule has 1 aliphatic rings. The van der Waals surface area contributed by atoms with Crippen LogP contribution in [0.3, 0.4) is 0 Å². The molecule has 0 spiro atoms. The summed E-state index contributed by atoms with van der Waals surface area (Å²) >= 11 is 3.38. The minimum Gasteiger partial charge on any atom is -0.398 e. The molecule has 0 aliphatic heterocycles. The number of rotatable bonds is 3. The van der Waals surface area contributed by atoms with Gasteiger partial charge in [-0.2, -0.15) is 0 Å². The van der Waals surface area contributed by atoms with E-state index in [2.05, 4.69) is 34.1 Å². The van der Waals surface area contributed by atoms with Crippen molar-refractivity contribution < 1.29 is 4.79 Å². The zero-order valence-corrected chi connectivity index (χ0v) is 12.7. The van der Waals surface area contributed by atoms with E-state index in [0.29, 0.717) is 17.7 Å². The van der Waals surface area contributed by atoms with Crippen LogP contribution in [0.25, 0.3) is 0 Å². The molecule has 0 unspecified atom stereocenters. The number of benzene rings is 2. The monoisotopic (exact) mass is 329 g/mol. The normalized spacial score (nSPS) is 13.2. The number of carbonyl (C=O) groups is 1. The Labute approximate surface area is 127 Å². The van der Waals surface area contributed by atoms with Crippen LogP contribution in [0.15, 0.2) is 40.9 Å². The molecule has 2 aromatic rings. The van der Waals surface area contributed by atoms with Gasteiger partial charge in [-0.25, -0.2) is 0 Å². The summed E-state index contributed by atoms with van der Waals surface area (Å²) in [5.74, 6) is 0.0711. The highest BCUT2D eigenvalue weighted by Gasteiger charge is 2.14. The van der Waals surface area contributed by atoms with E-state index in [9.17, 15) is 4.79 Å². The maximum Gasteiger partial charge on any atom is 0.169 e. The lowest BCUT2D eigenvalue weighted by atomic mass is 9.99. The molecule has 1 aliphatic carbocycles. The number of anilines is 1. The molecule has 0 aromatic heterocycles. The van der Waals surface area contributed by atoms with Crippen molar-refractivity contribution >= 4 is 27.4 Å². The molecule has 0 bridgehead atoms. The van der Waals surface area contributed by atoms with Gasteiger partial charge in [0.1, 0.15) is 0 Å². The first-order valence-electron chi connectivity index (χ1n) is 6.82. The molecule has 0 heterocycles. The fourth-order valence-corrected chi connectivity index (χ4v) is 3.15. The fraction of sp³-hybridized carbons (Fsp3) is 0.235. The van der Waals surface area contributed by atoms with Crippen LogP contribution in [0.2, 0.25) is 0 Å². The lowest BCUT2D eigenvalue weighted by Crippen LogP contribution is -2.07. The first kappa shape index (κ1) is 13.4. The largest absolute Gasteiger partial charge is 0.398 e. The Bertz CT molecular complexity index is 679. The number of Topliss-reactive ketones (excluding diaryl/α,β-unsaturated/α-hetero) is 1. The van der Waals surface area contributed by atoms with E-state index in [1.54, 1.807) is 12.1 Å². The molecule has 20 heavy (non-hydrogen) atoms. The minimum atomic E-state index is 0.0711. The number of nitrogen functional groups attached to an aromatic ring is 1. The summed E-state index contributed by atoms with van der Waals surface area (Å²) in [4.78, 5) is 12.4. The summed E-state index contributed by atoms with van der Waals surface area (Å²) in [6, 6.07) is 11.8. The molecular weight excluding hydrogens is 314 g/mol. The summed E-state index contributed by atoms with van der Waals surface area (Å²) in [5.41, 5.74) is 10.9. The third-order valence-electron chi connectivity index (χ3n) is 3.84. The molecule has 2 nitrogen and oxygen atoms in total. The maximum absolute atomic E-state index is 12.4. The van der Waals surface area contributed by atoms with Gasteiger partial charge in [-0.1, -0.05) is 34.1 Å². The van der Waals surface area contributed by atoms with Gasteiger partial charge in [0.25, 0.3) is 0 Å². The van der Waals surface area contributed by atoms with Crippen molar-refractivity contribution in [3.8, 4) is 0 Å². The van der Waals surface area contributed by atoms with Crippen LogP contribution in [0.5, 0.6) is 0 Å².